The third-order valence-corrected chi connectivity index (χ3v) is 1.85. The molecule has 0 bridgehead atoms. The Morgan fingerprint density at radius 2 is 2.43 bits per heavy atom. The molecule has 14 heavy (non-hydrogen) atoms. The number of ether oxygens (including phenoxy) is 1. The summed E-state index contributed by atoms with van der Waals surface area (Å²) >= 11 is 0. The van der Waals surface area contributed by atoms with Gasteiger partial charge in [0.2, 0.25) is 0 Å². The maximum atomic E-state index is 10.3. The zero-order valence-corrected chi connectivity index (χ0v) is 8.06. The molecule has 1 aromatic rings. The summed E-state index contributed by atoms with van der Waals surface area (Å²) in [6, 6.07) is 3.59. The zero-order chi connectivity index (χ0) is 10.4. The van der Waals surface area contributed by atoms with Crippen LogP contribution in [0.5, 0.6) is 5.75 Å². The predicted octanol–water partition coefficient (Wildman–Crippen LogP) is 1.50. The molecule has 0 aromatic carbocycles. The van der Waals surface area contributed by atoms with Gasteiger partial charge in [-0.2, -0.15) is 0 Å². The maximum Gasteiger partial charge on any atom is 0.303 e. The largest absolute Gasteiger partial charge is 0.497 e. The molecule has 4 heteroatoms. The number of hydrogen-bond donors (Lipinski definition) is 1. The molecule has 0 aliphatic heterocycles. The fourth-order valence-electron chi connectivity index (χ4n) is 1.14. The van der Waals surface area contributed by atoms with Gasteiger partial charge in [0.25, 0.3) is 0 Å². The van der Waals surface area contributed by atoms with Crippen LogP contribution in [-0.2, 0) is 11.2 Å². The van der Waals surface area contributed by atoms with Crippen molar-refractivity contribution in [3.05, 3.63) is 24.0 Å². The minimum absolute atomic E-state index is 0.179. The lowest BCUT2D eigenvalue weighted by Crippen LogP contribution is -1.97. The molecule has 4 nitrogen and oxygen atoms in total. The molecule has 0 saturated heterocycles. The SMILES string of the molecule is COc1ccnc(CCCC(=O)O)c1. The molecule has 1 N–H and O–H groups in total. The number of carboxylic acids is 1. The number of carboxylic acid groups (broad SMARTS) is 1. The van der Waals surface area contributed by atoms with Gasteiger partial charge in [0.1, 0.15) is 5.75 Å². The number of aliphatic carboxylic acids is 1. The quantitative estimate of drug-likeness (QED) is 0.773. The van der Waals surface area contributed by atoms with E-state index in [1.807, 2.05) is 6.07 Å². The second-order valence-corrected chi connectivity index (χ2v) is 2.93. The monoisotopic (exact) mass is 195 g/mol. The first-order chi connectivity index (χ1) is 6.72. The van der Waals surface area contributed by atoms with Crippen molar-refractivity contribution >= 4 is 5.97 Å². The summed E-state index contributed by atoms with van der Waals surface area (Å²) < 4.78 is 5.03. The lowest BCUT2D eigenvalue weighted by Gasteiger charge is -2.02. The third-order valence-electron chi connectivity index (χ3n) is 1.85. The van der Waals surface area contributed by atoms with Crippen molar-refractivity contribution in [1.29, 1.82) is 0 Å². The van der Waals surface area contributed by atoms with Gasteiger partial charge >= 0.3 is 5.97 Å². The van der Waals surface area contributed by atoms with E-state index >= 15 is 0 Å². The van der Waals surface area contributed by atoms with Gasteiger partial charge in [-0.15, -0.1) is 0 Å². The first-order valence-electron chi connectivity index (χ1n) is 4.43. The summed E-state index contributed by atoms with van der Waals surface area (Å²) in [5.41, 5.74) is 0.866. The first-order valence-corrected chi connectivity index (χ1v) is 4.43. The molecule has 0 saturated carbocycles. The van der Waals surface area contributed by atoms with Crippen molar-refractivity contribution in [1.82, 2.24) is 4.98 Å². The normalized spacial score (nSPS) is 9.79. The fraction of sp³-hybridized carbons (Fsp3) is 0.400. The summed E-state index contributed by atoms with van der Waals surface area (Å²) in [7, 11) is 1.59. The number of aryl methyl sites for hydroxylation is 1. The Labute approximate surface area is 82.5 Å². The van der Waals surface area contributed by atoms with Crippen molar-refractivity contribution in [2.75, 3.05) is 7.11 Å². The Hall–Kier alpha value is -1.58. The second-order valence-electron chi connectivity index (χ2n) is 2.93. The highest BCUT2D eigenvalue weighted by Gasteiger charge is 2.00. The Balaban J connectivity index is 2.46. The fourth-order valence-corrected chi connectivity index (χ4v) is 1.14. The Morgan fingerprint density at radius 3 is 3.07 bits per heavy atom. The van der Waals surface area contributed by atoms with Crippen LogP contribution in [0.3, 0.4) is 0 Å². The van der Waals surface area contributed by atoms with E-state index in [9.17, 15) is 4.79 Å². The smallest absolute Gasteiger partial charge is 0.303 e. The zero-order valence-electron chi connectivity index (χ0n) is 8.06. The maximum absolute atomic E-state index is 10.3. The number of rotatable bonds is 5. The van der Waals surface area contributed by atoms with E-state index in [0.29, 0.717) is 12.8 Å². The van der Waals surface area contributed by atoms with Crippen LogP contribution >= 0.6 is 0 Å². The molecule has 76 valence electrons. The van der Waals surface area contributed by atoms with Crippen LogP contribution in [0.15, 0.2) is 18.3 Å². The van der Waals surface area contributed by atoms with E-state index in [4.69, 9.17) is 9.84 Å². The summed E-state index contributed by atoms with van der Waals surface area (Å²) in [6.07, 6.45) is 3.12. The summed E-state index contributed by atoms with van der Waals surface area (Å²) in [5.74, 6) is -0.0155. The van der Waals surface area contributed by atoms with E-state index in [1.165, 1.54) is 0 Å². The Kier molecular flexibility index (Phi) is 3.91. The second kappa shape index (κ2) is 5.21. The molecule has 1 rings (SSSR count). The Bertz CT molecular complexity index is 312. The number of carbonyl (C=O) groups is 1. The molecule has 0 aliphatic carbocycles. The average Bonchev–Trinajstić information content (AvgIpc) is 2.18. The van der Waals surface area contributed by atoms with Gasteiger partial charge in [0.15, 0.2) is 0 Å². The van der Waals surface area contributed by atoms with Gasteiger partial charge in [-0.3, -0.25) is 9.78 Å². The van der Waals surface area contributed by atoms with Crippen molar-refractivity contribution < 1.29 is 14.6 Å². The third kappa shape index (κ3) is 3.43. The number of methoxy groups -OCH3 is 1. The van der Waals surface area contributed by atoms with Crippen LogP contribution in [0.2, 0.25) is 0 Å². The van der Waals surface area contributed by atoms with E-state index in [1.54, 1.807) is 19.4 Å². The topological polar surface area (TPSA) is 59.4 Å². The van der Waals surface area contributed by atoms with Crippen molar-refractivity contribution in [2.24, 2.45) is 0 Å². The number of pyridine rings is 1. The molecular formula is C10H13NO3. The van der Waals surface area contributed by atoms with Gasteiger partial charge in [-0.25, -0.2) is 0 Å². The van der Waals surface area contributed by atoms with Gasteiger partial charge in [-0.1, -0.05) is 0 Å². The van der Waals surface area contributed by atoms with E-state index in [0.717, 1.165) is 11.4 Å². The number of nitrogens with zero attached hydrogens (tertiary/aromatic N) is 1. The lowest BCUT2D eigenvalue weighted by molar-refractivity contribution is -0.137. The minimum atomic E-state index is -0.770. The lowest BCUT2D eigenvalue weighted by atomic mass is 10.2. The van der Waals surface area contributed by atoms with Gasteiger partial charge in [0.05, 0.1) is 7.11 Å². The predicted molar refractivity (Wildman–Crippen MR) is 51.4 cm³/mol. The molecule has 0 spiro atoms. The van der Waals surface area contributed by atoms with Crippen molar-refractivity contribution in [3.63, 3.8) is 0 Å². The summed E-state index contributed by atoms with van der Waals surface area (Å²) in [4.78, 5) is 14.4. The van der Waals surface area contributed by atoms with Crippen LogP contribution in [0.4, 0.5) is 0 Å². The number of hydrogen-bond acceptors (Lipinski definition) is 3. The average molecular weight is 195 g/mol. The van der Waals surface area contributed by atoms with Gasteiger partial charge < -0.3 is 9.84 Å². The summed E-state index contributed by atoms with van der Waals surface area (Å²) in [6.45, 7) is 0. The van der Waals surface area contributed by atoms with Crippen LogP contribution in [0, 0.1) is 0 Å². The first kappa shape index (κ1) is 10.5. The standard InChI is InChI=1S/C10H13NO3/c1-14-9-5-6-11-8(7-9)3-2-4-10(12)13/h5-7H,2-4H2,1H3,(H,12,13). The van der Waals surface area contributed by atoms with E-state index in [2.05, 4.69) is 4.98 Å². The molecule has 0 aliphatic rings. The van der Waals surface area contributed by atoms with E-state index in [-0.39, 0.29) is 6.42 Å². The highest BCUT2D eigenvalue weighted by Crippen LogP contribution is 2.11. The van der Waals surface area contributed by atoms with Crippen LogP contribution in [-0.4, -0.2) is 23.2 Å². The highest BCUT2D eigenvalue weighted by molar-refractivity contribution is 5.66. The van der Waals surface area contributed by atoms with Gasteiger partial charge in [-0.05, 0) is 18.9 Å². The highest BCUT2D eigenvalue weighted by atomic mass is 16.5. The van der Waals surface area contributed by atoms with Crippen molar-refractivity contribution in [3.8, 4) is 5.75 Å². The Morgan fingerprint density at radius 1 is 1.64 bits per heavy atom. The van der Waals surface area contributed by atoms with Crippen molar-refractivity contribution in [2.45, 2.75) is 19.3 Å². The van der Waals surface area contributed by atoms with Crippen LogP contribution in [0.1, 0.15) is 18.5 Å². The van der Waals surface area contributed by atoms with E-state index < -0.39 is 5.97 Å². The van der Waals surface area contributed by atoms with Gasteiger partial charge in [0, 0.05) is 24.4 Å². The van der Waals surface area contributed by atoms with Crippen LogP contribution < -0.4 is 4.74 Å². The molecule has 0 fully saturated rings. The molecule has 1 aromatic heterocycles. The molecule has 0 amide bonds. The molecule has 0 radical (unpaired) electrons. The molecule has 1 heterocycles. The summed E-state index contributed by atoms with van der Waals surface area (Å²) in [5, 5.41) is 8.45. The molecule has 0 unspecified atom stereocenters. The number of aromatic nitrogens is 1. The molecule has 0 atom stereocenters. The van der Waals surface area contributed by atoms with Crippen LogP contribution in [0.25, 0.3) is 0 Å². The molecular weight excluding hydrogens is 182 g/mol. The minimum Gasteiger partial charge on any atom is -0.497 e.